The van der Waals surface area contributed by atoms with Crippen molar-refractivity contribution in [2.24, 2.45) is 5.41 Å². The van der Waals surface area contributed by atoms with Crippen molar-refractivity contribution in [3.63, 3.8) is 0 Å². The third kappa shape index (κ3) is 3.37. The van der Waals surface area contributed by atoms with Crippen molar-refractivity contribution < 1.29 is 24.7 Å². The van der Waals surface area contributed by atoms with Gasteiger partial charge in [-0.05, 0) is 25.0 Å². The first-order valence-corrected chi connectivity index (χ1v) is 6.90. The van der Waals surface area contributed by atoms with E-state index in [0.29, 0.717) is 16.8 Å². The number of nitrogens with zero attached hydrogens (tertiary/aromatic N) is 2. The van der Waals surface area contributed by atoms with Gasteiger partial charge in [-0.25, -0.2) is 4.98 Å². The number of nitro groups is 1. The Labute approximate surface area is 136 Å². The molecule has 0 unspecified atom stereocenters. The first-order chi connectivity index (χ1) is 11.2. The molecular weight excluding hydrogens is 316 g/mol. The molecule has 1 heterocycles. The molecule has 2 N–H and O–H groups in total. The number of aliphatic carboxylic acids is 2. The van der Waals surface area contributed by atoms with E-state index >= 15 is 0 Å². The van der Waals surface area contributed by atoms with Crippen molar-refractivity contribution >= 4 is 17.6 Å². The highest BCUT2D eigenvalue weighted by Gasteiger charge is 2.41. The fourth-order valence-electron chi connectivity index (χ4n) is 2.11. The second kappa shape index (κ2) is 6.45. The molecule has 2 aromatic rings. The van der Waals surface area contributed by atoms with Gasteiger partial charge in [0, 0.05) is 11.6 Å². The SMILES string of the molecule is CC(Cc1ccc(-c2ccc([N+](=O)[O-])cn2)cc1)(C(=O)O)C(=O)O. The maximum Gasteiger partial charge on any atom is 0.321 e. The number of rotatable bonds is 6. The minimum atomic E-state index is -1.91. The van der Waals surface area contributed by atoms with Gasteiger partial charge in [-0.15, -0.1) is 0 Å². The summed E-state index contributed by atoms with van der Waals surface area (Å²) in [5.41, 5.74) is -0.276. The van der Waals surface area contributed by atoms with Gasteiger partial charge in [0.2, 0.25) is 0 Å². The number of benzene rings is 1. The van der Waals surface area contributed by atoms with Gasteiger partial charge in [0.15, 0.2) is 5.41 Å². The normalized spacial score (nSPS) is 11.0. The highest BCUT2D eigenvalue weighted by Crippen LogP contribution is 2.26. The number of carboxylic acids is 2. The van der Waals surface area contributed by atoms with Gasteiger partial charge < -0.3 is 10.2 Å². The van der Waals surface area contributed by atoms with E-state index in [0.717, 1.165) is 13.1 Å². The van der Waals surface area contributed by atoms with E-state index in [1.807, 2.05) is 0 Å². The molecule has 0 atom stereocenters. The van der Waals surface area contributed by atoms with E-state index < -0.39 is 22.3 Å². The van der Waals surface area contributed by atoms with Crippen LogP contribution in [-0.4, -0.2) is 32.1 Å². The molecule has 124 valence electrons. The van der Waals surface area contributed by atoms with E-state index in [1.54, 1.807) is 24.3 Å². The van der Waals surface area contributed by atoms with Crippen LogP contribution in [0.4, 0.5) is 5.69 Å². The average Bonchev–Trinajstić information content (AvgIpc) is 2.55. The maximum absolute atomic E-state index is 11.2. The average molecular weight is 330 g/mol. The molecule has 24 heavy (non-hydrogen) atoms. The summed E-state index contributed by atoms with van der Waals surface area (Å²) >= 11 is 0. The highest BCUT2D eigenvalue weighted by molar-refractivity contribution is 5.98. The lowest BCUT2D eigenvalue weighted by atomic mass is 9.83. The first kappa shape index (κ1) is 17.1. The highest BCUT2D eigenvalue weighted by atomic mass is 16.6. The Bertz CT molecular complexity index is 769. The van der Waals surface area contributed by atoms with Crippen molar-refractivity contribution in [2.75, 3.05) is 0 Å². The lowest BCUT2D eigenvalue weighted by Gasteiger charge is -2.19. The van der Waals surface area contributed by atoms with Crippen LogP contribution < -0.4 is 0 Å². The van der Waals surface area contributed by atoms with E-state index in [1.165, 1.54) is 12.1 Å². The van der Waals surface area contributed by atoms with E-state index in [9.17, 15) is 19.7 Å². The molecule has 0 radical (unpaired) electrons. The molecule has 0 aliphatic carbocycles. The molecule has 8 heteroatoms. The quantitative estimate of drug-likeness (QED) is 0.472. The van der Waals surface area contributed by atoms with Crippen molar-refractivity contribution in [1.29, 1.82) is 0 Å². The smallest absolute Gasteiger partial charge is 0.321 e. The third-order valence-corrected chi connectivity index (χ3v) is 3.71. The number of pyridine rings is 1. The Balaban J connectivity index is 2.23. The Hall–Kier alpha value is -3.29. The Morgan fingerprint density at radius 2 is 1.71 bits per heavy atom. The Morgan fingerprint density at radius 3 is 2.12 bits per heavy atom. The van der Waals surface area contributed by atoms with Gasteiger partial charge in [-0.1, -0.05) is 24.3 Å². The van der Waals surface area contributed by atoms with Crippen LogP contribution in [-0.2, 0) is 16.0 Å². The van der Waals surface area contributed by atoms with Crippen LogP contribution in [0.25, 0.3) is 11.3 Å². The number of hydrogen-bond donors (Lipinski definition) is 2. The zero-order valence-corrected chi connectivity index (χ0v) is 12.7. The number of aromatic nitrogens is 1. The summed E-state index contributed by atoms with van der Waals surface area (Å²) in [6, 6.07) is 9.39. The second-order valence-electron chi connectivity index (χ2n) is 5.47. The third-order valence-electron chi connectivity index (χ3n) is 3.71. The molecule has 1 aromatic carbocycles. The lowest BCUT2D eigenvalue weighted by Crippen LogP contribution is -2.38. The molecule has 2 rings (SSSR count). The zero-order valence-electron chi connectivity index (χ0n) is 12.7. The summed E-state index contributed by atoms with van der Waals surface area (Å²) in [6.07, 6.45) is 0.987. The van der Waals surface area contributed by atoms with Crippen LogP contribution >= 0.6 is 0 Å². The molecule has 0 aliphatic heterocycles. The molecular formula is C16H14N2O6. The van der Waals surface area contributed by atoms with Gasteiger partial charge in [0.25, 0.3) is 5.69 Å². The number of hydrogen-bond acceptors (Lipinski definition) is 5. The van der Waals surface area contributed by atoms with E-state index in [-0.39, 0.29) is 12.1 Å². The van der Waals surface area contributed by atoms with Crippen molar-refractivity contribution in [3.8, 4) is 11.3 Å². The van der Waals surface area contributed by atoms with Gasteiger partial charge in [0.05, 0.1) is 10.6 Å². The van der Waals surface area contributed by atoms with Crippen LogP contribution in [0.2, 0.25) is 0 Å². The van der Waals surface area contributed by atoms with Crippen molar-refractivity contribution in [1.82, 2.24) is 4.98 Å². The topological polar surface area (TPSA) is 131 Å². The van der Waals surface area contributed by atoms with Crippen LogP contribution in [0.1, 0.15) is 12.5 Å². The largest absolute Gasteiger partial charge is 0.480 e. The molecule has 1 aromatic heterocycles. The molecule has 0 bridgehead atoms. The molecule has 0 saturated carbocycles. The molecule has 0 amide bonds. The summed E-state index contributed by atoms with van der Waals surface area (Å²) in [6.45, 7) is 1.16. The first-order valence-electron chi connectivity index (χ1n) is 6.90. The molecule has 0 aliphatic rings. The van der Waals surface area contributed by atoms with Gasteiger partial charge in [0.1, 0.15) is 6.20 Å². The predicted octanol–water partition coefficient (Wildman–Crippen LogP) is 2.37. The predicted molar refractivity (Wildman–Crippen MR) is 83.4 cm³/mol. The van der Waals surface area contributed by atoms with Crippen LogP contribution in [0.5, 0.6) is 0 Å². The summed E-state index contributed by atoms with van der Waals surface area (Å²) in [4.78, 5) is 36.5. The lowest BCUT2D eigenvalue weighted by molar-refractivity contribution is -0.385. The summed E-state index contributed by atoms with van der Waals surface area (Å²) < 4.78 is 0. The van der Waals surface area contributed by atoms with E-state index in [4.69, 9.17) is 10.2 Å². The van der Waals surface area contributed by atoms with Gasteiger partial charge in [-0.2, -0.15) is 0 Å². The Morgan fingerprint density at radius 1 is 1.12 bits per heavy atom. The number of carboxylic acid groups (broad SMARTS) is 2. The number of carbonyl (C=O) groups is 2. The molecule has 0 fully saturated rings. The molecule has 8 nitrogen and oxygen atoms in total. The Kier molecular flexibility index (Phi) is 4.59. The standard InChI is InChI=1S/C16H14N2O6/c1-16(14(19)20,15(21)22)8-10-2-4-11(5-3-10)13-7-6-12(9-17-13)18(23)24/h2-7,9H,8H2,1H3,(H,19,20)(H,21,22). The summed E-state index contributed by atoms with van der Waals surface area (Å²) in [7, 11) is 0. The van der Waals surface area contributed by atoms with Crippen molar-refractivity contribution in [3.05, 3.63) is 58.3 Å². The fraction of sp³-hybridized carbons (Fsp3) is 0.188. The van der Waals surface area contributed by atoms with Crippen LogP contribution in [0, 0.1) is 15.5 Å². The zero-order chi connectivity index (χ0) is 17.9. The monoisotopic (exact) mass is 330 g/mol. The fourth-order valence-corrected chi connectivity index (χ4v) is 2.11. The minimum Gasteiger partial charge on any atom is -0.480 e. The second-order valence-corrected chi connectivity index (χ2v) is 5.47. The molecule has 0 saturated heterocycles. The molecule has 0 spiro atoms. The minimum absolute atomic E-state index is 0.117. The maximum atomic E-state index is 11.2. The van der Waals surface area contributed by atoms with Crippen molar-refractivity contribution in [2.45, 2.75) is 13.3 Å². The van der Waals surface area contributed by atoms with E-state index in [2.05, 4.69) is 4.98 Å². The van der Waals surface area contributed by atoms with Gasteiger partial charge in [-0.3, -0.25) is 19.7 Å². The van der Waals surface area contributed by atoms with Crippen LogP contribution in [0.3, 0.4) is 0 Å². The summed E-state index contributed by atoms with van der Waals surface area (Å²) in [5.74, 6) is -2.81. The summed E-state index contributed by atoms with van der Waals surface area (Å²) in [5, 5.41) is 28.8. The van der Waals surface area contributed by atoms with Crippen LogP contribution in [0.15, 0.2) is 42.6 Å². The van der Waals surface area contributed by atoms with Gasteiger partial charge >= 0.3 is 11.9 Å².